The lowest BCUT2D eigenvalue weighted by Gasteiger charge is -2.15. The molecule has 4 aromatic heterocycles. The first-order valence-electron chi connectivity index (χ1n) is 27.0. The third-order valence-electron chi connectivity index (χ3n) is 15.4. The summed E-state index contributed by atoms with van der Waals surface area (Å²) in [6.45, 7) is 0. The first kappa shape index (κ1) is 46.5. The molecule has 0 atom stereocenters. The number of hydrogen-bond donors (Lipinski definition) is 0. The molecule has 0 spiro atoms. The van der Waals surface area contributed by atoms with Crippen molar-refractivity contribution in [2.45, 2.75) is 0 Å². The van der Waals surface area contributed by atoms with E-state index in [1.165, 1.54) is 22.3 Å². The molecule has 80 heavy (non-hydrogen) atoms. The maximum atomic E-state index is 5.83. The largest absolute Gasteiger partial charge is 0.294 e. The number of hydrogen-bond acceptors (Lipinski definition) is 4. The quantitative estimate of drug-likeness (QED) is 0.137. The number of pyridine rings is 1. The lowest BCUT2D eigenvalue weighted by Crippen LogP contribution is -2.04. The normalized spacial score (nSPS) is 11.5. The van der Waals surface area contributed by atoms with Crippen LogP contribution in [0.5, 0.6) is 0 Å². The van der Waals surface area contributed by atoms with Crippen LogP contribution in [0.3, 0.4) is 0 Å². The molecule has 0 fully saturated rings. The number of benzene rings is 11. The van der Waals surface area contributed by atoms with E-state index in [2.05, 4.69) is 240 Å². The van der Waals surface area contributed by atoms with Crippen molar-refractivity contribution < 1.29 is 0 Å². The van der Waals surface area contributed by atoms with E-state index in [1.807, 2.05) is 60.7 Å². The summed E-state index contributed by atoms with van der Waals surface area (Å²) in [5.41, 5.74) is 18.2. The van der Waals surface area contributed by atoms with Gasteiger partial charge in [-0.05, 0) is 122 Å². The van der Waals surface area contributed by atoms with Gasteiger partial charge in [-0.25, -0.2) is 19.9 Å². The Bertz CT molecular complexity index is 4310. The van der Waals surface area contributed by atoms with E-state index in [1.54, 1.807) is 0 Å². The summed E-state index contributed by atoms with van der Waals surface area (Å²) in [5.74, 6) is 3.39. The average molecular weight is 1020 g/mol. The van der Waals surface area contributed by atoms with Gasteiger partial charge in [0.25, 0.3) is 0 Å². The van der Waals surface area contributed by atoms with E-state index in [4.69, 9.17) is 19.9 Å². The Hall–Kier alpha value is -10.8. The minimum Gasteiger partial charge on any atom is -0.294 e. The van der Waals surface area contributed by atoms with E-state index in [0.717, 1.165) is 105 Å². The van der Waals surface area contributed by atoms with E-state index >= 15 is 0 Å². The monoisotopic (exact) mass is 1020 g/mol. The first-order chi connectivity index (χ1) is 39.6. The fourth-order valence-corrected chi connectivity index (χ4v) is 11.5. The lowest BCUT2D eigenvalue weighted by molar-refractivity contribution is 1.01. The highest BCUT2D eigenvalue weighted by Gasteiger charge is 2.22. The molecule has 6 nitrogen and oxygen atoms in total. The summed E-state index contributed by atoms with van der Waals surface area (Å²) in [6.07, 6.45) is 0. The van der Waals surface area contributed by atoms with Gasteiger partial charge in [0.2, 0.25) is 0 Å². The van der Waals surface area contributed by atoms with Crippen LogP contribution < -0.4 is 0 Å². The van der Waals surface area contributed by atoms with Crippen molar-refractivity contribution in [1.29, 1.82) is 0 Å². The van der Waals surface area contributed by atoms with Crippen LogP contribution in [0, 0.1) is 0 Å². The van der Waals surface area contributed by atoms with E-state index in [0.29, 0.717) is 17.5 Å². The van der Waals surface area contributed by atoms with E-state index in [-0.39, 0.29) is 0 Å². The van der Waals surface area contributed by atoms with Crippen LogP contribution in [0.25, 0.3) is 145 Å². The molecule has 0 amide bonds. The fourth-order valence-electron chi connectivity index (χ4n) is 11.5. The van der Waals surface area contributed by atoms with Crippen molar-refractivity contribution >= 4 is 43.6 Å². The number of rotatable bonds is 10. The van der Waals surface area contributed by atoms with Gasteiger partial charge in [0.05, 0.1) is 22.1 Å². The second-order valence-corrected chi connectivity index (χ2v) is 20.3. The van der Waals surface area contributed by atoms with Gasteiger partial charge in [0, 0.05) is 38.2 Å². The molecule has 4 heterocycles. The van der Waals surface area contributed by atoms with Crippen LogP contribution >= 0.6 is 0 Å². The number of aromatic nitrogens is 6. The molecule has 0 aliphatic heterocycles. The highest BCUT2D eigenvalue weighted by atomic mass is 15.1. The summed E-state index contributed by atoms with van der Waals surface area (Å²) >= 11 is 0. The first-order valence-corrected chi connectivity index (χ1v) is 27.0. The second-order valence-electron chi connectivity index (χ2n) is 20.3. The minimum atomic E-state index is 0.589. The molecule has 15 aromatic rings. The topological polar surface area (TPSA) is 61.4 Å². The van der Waals surface area contributed by atoms with Gasteiger partial charge < -0.3 is 0 Å². The Labute approximate surface area is 462 Å². The van der Waals surface area contributed by atoms with Crippen molar-refractivity contribution in [3.63, 3.8) is 0 Å². The molecule has 11 aromatic carbocycles. The molecule has 15 rings (SSSR count). The maximum absolute atomic E-state index is 5.83. The SMILES string of the molecule is c1ccc(-c2ccc3c(c2)c2cc(-c4ccccc4)ccc2n3-c2cc(-c3cccc(-c4nc(-c5ccccc5)nc(-c5ccccc5)n4)c3)cc(-n3c4ccc(-c5ccccc5)cc4c4cc(-c5ccccc5)ccc43)n2)cc1. The molecule has 374 valence electrons. The Morgan fingerprint density at radius 2 is 0.438 bits per heavy atom. The van der Waals surface area contributed by atoms with Gasteiger partial charge in [-0.15, -0.1) is 0 Å². The molecule has 0 aliphatic carbocycles. The van der Waals surface area contributed by atoms with E-state index < -0.39 is 0 Å². The van der Waals surface area contributed by atoms with Crippen molar-refractivity contribution in [2.75, 3.05) is 0 Å². The zero-order chi connectivity index (χ0) is 52.9. The zero-order valence-corrected chi connectivity index (χ0v) is 43.4. The molecular formula is C74H48N6. The van der Waals surface area contributed by atoms with Crippen LogP contribution in [0.2, 0.25) is 0 Å². The Kier molecular flexibility index (Phi) is 11.4. The van der Waals surface area contributed by atoms with Gasteiger partial charge in [0.15, 0.2) is 17.5 Å². The second kappa shape index (κ2) is 19.6. The molecule has 0 bridgehead atoms. The summed E-state index contributed by atoms with van der Waals surface area (Å²) in [4.78, 5) is 21.2. The van der Waals surface area contributed by atoms with Crippen molar-refractivity contribution in [3.8, 4) is 101 Å². The molecule has 0 unspecified atom stereocenters. The van der Waals surface area contributed by atoms with Gasteiger partial charge in [-0.2, -0.15) is 0 Å². The Balaban J connectivity index is 0.992. The standard InChI is InChI=1S/C74H48N6/c1-7-20-49(21-8-1)56-34-38-66-62(43-56)63-44-57(50-22-9-2-10-23-50)35-39-67(63)79(66)70-47-61(55-32-19-33-60(42-55)74-77-72(53-28-15-5-16-29-53)76-73(78-74)54-30-17-6-18-31-54)48-71(75-70)80-68-40-36-58(51-24-11-3-12-25-51)45-64(68)65-46-59(37-41-69(65)80)52-26-13-4-14-27-52/h1-48H. The summed E-state index contributed by atoms with van der Waals surface area (Å²) in [5, 5.41) is 4.58. The van der Waals surface area contributed by atoms with Crippen LogP contribution in [0.15, 0.2) is 291 Å². The lowest BCUT2D eigenvalue weighted by atomic mass is 10.0. The summed E-state index contributed by atoms with van der Waals surface area (Å²) in [6, 6.07) is 103. The molecule has 0 saturated heterocycles. The molecule has 0 radical (unpaired) electrons. The highest BCUT2D eigenvalue weighted by molar-refractivity contribution is 6.13. The molecule has 6 heteroatoms. The molecule has 0 N–H and O–H groups in total. The summed E-state index contributed by atoms with van der Waals surface area (Å²) < 4.78 is 4.70. The van der Waals surface area contributed by atoms with Crippen LogP contribution in [0.4, 0.5) is 0 Å². The van der Waals surface area contributed by atoms with Crippen molar-refractivity contribution in [2.24, 2.45) is 0 Å². The predicted octanol–water partition coefficient (Wildman–Crippen LogP) is 18.8. The smallest absolute Gasteiger partial charge is 0.164 e. The third kappa shape index (κ3) is 8.40. The van der Waals surface area contributed by atoms with Crippen LogP contribution in [0.1, 0.15) is 0 Å². The van der Waals surface area contributed by atoms with Gasteiger partial charge in [-0.3, -0.25) is 9.13 Å². The summed E-state index contributed by atoms with van der Waals surface area (Å²) in [7, 11) is 0. The highest BCUT2D eigenvalue weighted by Crippen LogP contribution is 2.41. The van der Waals surface area contributed by atoms with Gasteiger partial charge in [-0.1, -0.05) is 224 Å². The minimum absolute atomic E-state index is 0.589. The molecule has 0 aliphatic rings. The van der Waals surface area contributed by atoms with E-state index in [9.17, 15) is 0 Å². The fraction of sp³-hybridized carbons (Fsp3) is 0. The maximum Gasteiger partial charge on any atom is 0.164 e. The number of fused-ring (bicyclic) bond motifs is 6. The Morgan fingerprint density at radius 3 is 0.762 bits per heavy atom. The number of nitrogens with zero attached hydrogens (tertiary/aromatic N) is 6. The zero-order valence-electron chi connectivity index (χ0n) is 43.4. The Morgan fingerprint density at radius 1 is 0.175 bits per heavy atom. The van der Waals surface area contributed by atoms with Crippen molar-refractivity contribution in [1.82, 2.24) is 29.1 Å². The van der Waals surface area contributed by atoms with Gasteiger partial charge in [0.1, 0.15) is 11.6 Å². The van der Waals surface area contributed by atoms with Crippen molar-refractivity contribution in [3.05, 3.63) is 291 Å². The third-order valence-corrected chi connectivity index (χ3v) is 15.4. The van der Waals surface area contributed by atoms with Crippen LogP contribution in [-0.2, 0) is 0 Å². The molecule has 0 saturated carbocycles. The predicted molar refractivity (Wildman–Crippen MR) is 330 cm³/mol. The van der Waals surface area contributed by atoms with Crippen LogP contribution in [-0.4, -0.2) is 29.1 Å². The van der Waals surface area contributed by atoms with Gasteiger partial charge >= 0.3 is 0 Å². The molecular weight excluding hydrogens is 973 g/mol. The average Bonchev–Trinajstić information content (AvgIpc) is 4.07.